The van der Waals surface area contributed by atoms with Crippen molar-refractivity contribution in [2.45, 2.75) is 13.2 Å². The number of alkyl halides is 2. The van der Waals surface area contributed by atoms with E-state index < -0.39 is 6.61 Å². The predicted molar refractivity (Wildman–Crippen MR) is 60.6 cm³/mol. The van der Waals surface area contributed by atoms with Crippen LogP contribution in [-0.4, -0.2) is 11.3 Å². The van der Waals surface area contributed by atoms with Crippen LogP contribution in [0.5, 0.6) is 5.75 Å². The van der Waals surface area contributed by atoms with E-state index in [0.717, 1.165) is 5.56 Å². The zero-order valence-electron chi connectivity index (χ0n) is 9.01. The van der Waals surface area contributed by atoms with Crippen LogP contribution in [0.4, 0.5) is 8.78 Å². The molecule has 90 valence electrons. The highest BCUT2D eigenvalue weighted by atomic mass is 19.3. The third-order valence-electron chi connectivity index (χ3n) is 2.22. The molecule has 2 aromatic rings. The van der Waals surface area contributed by atoms with Gasteiger partial charge in [0, 0.05) is 12.4 Å². The molecule has 0 aliphatic heterocycles. The number of benzene rings is 1. The van der Waals surface area contributed by atoms with Gasteiger partial charge in [-0.1, -0.05) is 12.1 Å². The average Bonchev–Trinajstić information content (AvgIpc) is 2.80. The fourth-order valence-electron chi connectivity index (χ4n) is 1.41. The summed E-state index contributed by atoms with van der Waals surface area (Å²) in [5.74, 6) is 0.171. The monoisotopic (exact) mass is 238 g/mol. The van der Waals surface area contributed by atoms with E-state index in [1.165, 1.54) is 12.1 Å². The molecule has 0 saturated heterocycles. The van der Waals surface area contributed by atoms with Crippen LogP contribution < -0.4 is 10.2 Å². The summed E-state index contributed by atoms with van der Waals surface area (Å²) >= 11 is 0. The standard InChI is InChI=1S/C12H12F2N2O/c13-12(14)17-11-5-3-10(4-6-11)9-15-16-7-1-2-8-16/h1-8,12,15H,9H2. The number of nitrogens with zero attached hydrogens (tertiary/aromatic N) is 1. The maximum absolute atomic E-state index is 11.9. The van der Waals surface area contributed by atoms with Gasteiger partial charge >= 0.3 is 6.61 Å². The van der Waals surface area contributed by atoms with Crippen molar-refractivity contribution in [2.75, 3.05) is 5.43 Å². The summed E-state index contributed by atoms with van der Waals surface area (Å²) in [6.07, 6.45) is 3.77. The Morgan fingerprint density at radius 1 is 1.12 bits per heavy atom. The first-order valence-corrected chi connectivity index (χ1v) is 5.14. The summed E-state index contributed by atoms with van der Waals surface area (Å²) in [6.45, 7) is -2.16. The molecular formula is C12H12F2N2O. The topological polar surface area (TPSA) is 26.2 Å². The lowest BCUT2D eigenvalue weighted by molar-refractivity contribution is -0.0498. The molecule has 0 radical (unpaired) electrons. The summed E-state index contributed by atoms with van der Waals surface area (Å²) in [7, 11) is 0. The lowest BCUT2D eigenvalue weighted by atomic mass is 10.2. The molecule has 1 aromatic carbocycles. The van der Waals surface area contributed by atoms with Crippen LogP contribution >= 0.6 is 0 Å². The Balaban J connectivity index is 1.89. The molecule has 0 aliphatic carbocycles. The molecule has 0 saturated carbocycles. The van der Waals surface area contributed by atoms with Crippen LogP contribution in [-0.2, 0) is 6.54 Å². The van der Waals surface area contributed by atoms with Gasteiger partial charge in [-0.3, -0.25) is 4.68 Å². The maximum Gasteiger partial charge on any atom is 0.387 e. The Hall–Kier alpha value is -2.04. The van der Waals surface area contributed by atoms with E-state index in [2.05, 4.69) is 10.2 Å². The summed E-state index contributed by atoms with van der Waals surface area (Å²) in [5, 5.41) is 0. The zero-order valence-corrected chi connectivity index (χ0v) is 9.01. The minimum Gasteiger partial charge on any atom is -0.435 e. The maximum atomic E-state index is 11.9. The van der Waals surface area contributed by atoms with Crippen LogP contribution in [0.1, 0.15) is 5.56 Å². The van der Waals surface area contributed by atoms with Crippen molar-refractivity contribution in [3.8, 4) is 5.75 Å². The smallest absolute Gasteiger partial charge is 0.387 e. The Kier molecular flexibility index (Phi) is 3.59. The third kappa shape index (κ3) is 3.48. The molecule has 0 atom stereocenters. The second-order valence-corrected chi connectivity index (χ2v) is 3.45. The molecule has 0 spiro atoms. The number of aromatic nitrogens is 1. The molecule has 0 amide bonds. The lowest BCUT2D eigenvalue weighted by Gasteiger charge is -2.08. The van der Waals surface area contributed by atoms with Crippen LogP contribution in [0.3, 0.4) is 0 Å². The lowest BCUT2D eigenvalue weighted by Crippen LogP contribution is -2.11. The molecule has 0 unspecified atom stereocenters. The van der Waals surface area contributed by atoms with Crippen LogP contribution in [0.2, 0.25) is 0 Å². The van der Waals surface area contributed by atoms with Crippen LogP contribution in [0, 0.1) is 0 Å². The highest BCUT2D eigenvalue weighted by Crippen LogP contribution is 2.14. The summed E-state index contributed by atoms with van der Waals surface area (Å²) in [6, 6.07) is 10.4. The predicted octanol–water partition coefficient (Wildman–Crippen LogP) is 2.83. The van der Waals surface area contributed by atoms with Gasteiger partial charge in [-0.05, 0) is 29.8 Å². The highest BCUT2D eigenvalue weighted by molar-refractivity contribution is 5.27. The Morgan fingerprint density at radius 2 is 1.76 bits per heavy atom. The first-order chi connectivity index (χ1) is 8.24. The molecule has 0 bridgehead atoms. The van der Waals surface area contributed by atoms with Gasteiger partial charge in [-0.25, -0.2) is 0 Å². The van der Waals surface area contributed by atoms with E-state index in [1.54, 1.807) is 12.1 Å². The van der Waals surface area contributed by atoms with Crippen molar-refractivity contribution in [3.05, 3.63) is 54.4 Å². The molecule has 2 rings (SSSR count). The summed E-state index contributed by atoms with van der Waals surface area (Å²) < 4.78 is 29.9. The van der Waals surface area contributed by atoms with Crippen LogP contribution in [0.15, 0.2) is 48.8 Å². The molecule has 1 N–H and O–H groups in total. The van der Waals surface area contributed by atoms with Gasteiger partial charge in [0.1, 0.15) is 5.75 Å². The second kappa shape index (κ2) is 5.34. The van der Waals surface area contributed by atoms with E-state index in [0.29, 0.717) is 6.54 Å². The quantitative estimate of drug-likeness (QED) is 0.866. The molecule has 17 heavy (non-hydrogen) atoms. The van der Waals surface area contributed by atoms with Gasteiger partial charge in [0.2, 0.25) is 0 Å². The van der Waals surface area contributed by atoms with E-state index in [4.69, 9.17) is 0 Å². The van der Waals surface area contributed by atoms with Crippen LogP contribution in [0.25, 0.3) is 0 Å². The highest BCUT2D eigenvalue weighted by Gasteiger charge is 2.03. The largest absolute Gasteiger partial charge is 0.435 e. The van der Waals surface area contributed by atoms with E-state index in [-0.39, 0.29) is 5.75 Å². The van der Waals surface area contributed by atoms with Crippen molar-refractivity contribution < 1.29 is 13.5 Å². The molecular weight excluding hydrogens is 226 g/mol. The number of halogens is 2. The van der Waals surface area contributed by atoms with Gasteiger partial charge in [-0.15, -0.1) is 0 Å². The van der Waals surface area contributed by atoms with Gasteiger partial charge in [0.15, 0.2) is 0 Å². The molecule has 1 heterocycles. The fraction of sp³-hybridized carbons (Fsp3) is 0.167. The molecule has 0 aliphatic rings. The van der Waals surface area contributed by atoms with Gasteiger partial charge in [-0.2, -0.15) is 8.78 Å². The van der Waals surface area contributed by atoms with E-state index in [1.807, 2.05) is 29.2 Å². The van der Waals surface area contributed by atoms with Crippen molar-refractivity contribution in [1.29, 1.82) is 0 Å². The first-order valence-electron chi connectivity index (χ1n) is 5.14. The minimum absolute atomic E-state index is 0.171. The van der Waals surface area contributed by atoms with Gasteiger partial charge in [0.25, 0.3) is 0 Å². The average molecular weight is 238 g/mol. The summed E-state index contributed by atoms with van der Waals surface area (Å²) in [4.78, 5) is 0. The number of nitrogens with one attached hydrogen (secondary N) is 1. The molecule has 5 heteroatoms. The molecule has 0 fully saturated rings. The van der Waals surface area contributed by atoms with Crippen molar-refractivity contribution >= 4 is 0 Å². The Bertz CT molecular complexity index is 440. The zero-order chi connectivity index (χ0) is 12.1. The third-order valence-corrected chi connectivity index (χ3v) is 2.22. The number of hydrogen-bond acceptors (Lipinski definition) is 2. The normalized spacial score (nSPS) is 10.5. The fourth-order valence-corrected chi connectivity index (χ4v) is 1.41. The Morgan fingerprint density at radius 3 is 2.35 bits per heavy atom. The number of hydrogen-bond donors (Lipinski definition) is 1. The van der Waals surface area contributed by atoms with Crippen molar-refractivity contribution in [2.24, 2.45) is 0 Å². The number of rotatable bonds is 5. The second-order valence-electron chi connectivity index (χ2n) is 3.45. The van der Waals surface area contributed by atoms with Crippen molar-refractivity contribution in [3.63, 3.8) is 0 Å². The Labute approximate surface area is 97.6 Å². The minimum atomic E-state index is -2.78. The van der Waals surface area contributed by atoms with Crippen molar-refractivity contribution in [1.82, 2.24) is 4.68 Å². The first kappa shape index (κ1) is 11.4. The summed E-state index contributed by atoms with van der Waals surface area (Å²) in [5.41, 5.74) is 4.12. The molecule has 3 nitrogen and oxygen atoms in total. The van der Waals surface area contributed by atoms with Gasteiger partial charge in [0.05, 0.1) is 6.54 Å². The molecule has 1 aromatic heterocycles. The van der Waals surface area contributed by atoms with E-state index in [9.17, 15) is 8.78 Å². The number of ether oxygens (including phenoxy) is 1. The van der Waals surface area contributed by atoms with Gasteiger partial charge < -0.3 is 10.2 Å². The van der Waals surface area contributed by atoms with E-state index >= 15 is 0 Å². The SMILES string of the molecule is FC(F)Oc1ccc(CNn2cccc2)cc1.